The molecule has 1 aromatic carbocycles. The molecule has 0 saturated carbocycles. The van der Waals surface area contributed by atoms with Crippen LogP contribution in [0.3, 0.4) is 0 Å². The molecule has 0 spiro atoms. The zero-order valence-corrected chi connectivity index (χ0v) is 17.5. The normalized spacial score (nSPS) is 15.2. The summed E-state index contributed by atoms with van der Waals surface area (Å²) in [7, 11) is 2.16. The SMILES string of the molecule is CCCCN(C)c1nc(CN2CCOCC2)nc2scc(-c3ccccc3)c12. The molecule has 0 aliphatic carbocycles. The molecule has 1 aliphatic rings. The average molecular weight is 397 g/mol. The molecule has 5 nitrogen and oxygen atoms in total. The summed E-state index contributed by atoms with van der Waals surface area (Å²) < 4.78 is 5.48. The Morgan fingerprint density at radius 3 is 2.68 bits per heavy atom. The first-order valence-electron chi connectivity index (χ1n) is 10.1. The average Bonchev–Trinajstić information content (AvgIpc) is 3.17. The predicted octanol–water partition coefficient (Wildman–Crippen LogP) is 4.43. The Kier molecular flexibility index (Phi) is 6.20. The van der Waals surface area contributed by atoms with E-state index in [0.29, 0.717) is 0 Å². The Hall–Kier alpha value is -2.02. The van der Waals surface area contributed by atoms with Gasteiger partial charge in [0.1, 0.15) is 16.5 Å². The maximum absolute atomic E-state index is 5.48. The van der Waals surface area contributed by atoms with E-state index in [1.54, 1.807) is 11.3 Å². The zero-order valence-electron chi connectivity index (χ0n) is 16.7. The van der Waals surface area contributed by atoms with Crippen LogP contribution in [-0.4, -0.2) is 54.8 Å². The number of morpholine rings is 1. The van der Waals surface area contributed by atoms with Gasteiger partial charge in [0.2, 0.25) is 0 Å². The minimum absolute atomic E-state index is 0.784. The van der Waals surface area contributed by atoms with E-state index in [2.05, 4.69) is 59.5 Å². The van der Waals surface area contributed by atoms with Crippen LogP contribution in [0.5, 0.6) is 0 Å². The molecule has 4 rings (SSSR count). The summed E-state index contributed by atoms with van der Waals surface area (Å²) in [6, 6.07) is 10.6. The van der Waals surface area contributed by atoms with Gasteiger partial charge in [0.25, 0.3) is 0 Å². The fourth-order valence-corrected chi connectivity index (χ4v) is 4.56. The van der Waals surface area contributed by atoms with Crippen LogP contribution >= 0.6 is 11.3 Å². The molecule has 0 bridgehead atoms. The van der Waals surface area contributed by atoms with Gasteiger partial charge in [0.05, 0.1) is 25.1 Å². The predicted molar refractivity (Wildman–Crippen MR) is 117 cm³/mol. The van der Waals surface area contributed by atoms with Gasteiger partial charge in [-0.3, -0.25) is 4.90 Å². The molecule has 0 amide bonds. The summed E-state index contributed by atoms with van der Waals surface area (Å²) >= 11 is 1.72. The highest BCUT2D eigenvalue weighted by Crippen LogP contribution is 2.38. The van der Waals surface area contributed by atoms with Crippen molar-refractivity contribution in [2.45, 2.75) is 26.3 Å². The number of thiophene rings is 1. The third kappa shape index (κ3) is 4.19. The van der Waals surface area contributed by atoms with Crippen LogP contribution in [0.15, 0.2) is 35.7 Å². The van der Waals surface area contributed by atoms with Gasteiger partial charge >= 0.3 is 0 Å². The molecule has 3 heterocycles. The van der Waals surface area contributed by atoms with E-state index in [-0.39, 0.29) is 0 Å². The minimum atomic E-state index is 0.784. The Bertz CT molecular complexity index is 906. The standard InChI is InChI=1S/C22H28N4OS/c1-3-4-10-25(2)21-20-18(17-8-6-5-7-9-17)16-28-22(20)24-19(23-21)15-26-11-13-27-14-12-26/h5-9,16H,3-4,10-15H2,1-2H3. The topological polar surface area (TPSA) is 41.5 Å². The van der Waals surface area contributed by atoms with Crippen molar-refractivity contribution in [3.8, 4) is 11.1 Å². The van der Waals surface area contributed by atoms with Crippen molar-refractivity contribution in [2.75, 3.05) is 44.8 Å². The Morgan fingerprint density at radius 1 is 1.14 bits per heavy atom. The van der Waals surface area contributed by atoms with Crippen molar-refractivity contribution in [3.63, 3.8) is 0 Å². The number of nitrogens with zero attached hydrogens (tertiary/aromatic N) is 4. The van der Waals surface area contributed by atoms with Gasteiger partial charge in [-0.1, -0.05) is 43.7 Å². The number of aromatic nitrogens is 2. The highest BCUT2D eigenvalue weighted by Gasteiger charge is 2.19. The molecule has 1 aliphatic heterocycles. The van der Waals surface area contributed by atoms with Crippen molar-refractivity contribution in [3.05, 3.63) is 41.5 Å². The molecule has 2 aromatic heterocycles. The van der Waals surface area contributed by atoms with Gasteiger partial charge in [-0.25, -0.2) is 9.97 Å². The second kappa shape index (κ2) is 8.99. The largest absolute Gasteiger partial charge is 0.379 e. The van der Waals surface area contributed by atoms with Gasteiger partial charge in [0.15, 0.2) is 0 Å². The number of hydrogen-bond donors (Lipinski definition) is 0. The fraction of sp³-hybridized carbons (Fsp3) is 0.455. The van der Waals surface area contributed by atoms with Crippen LogP contribution in [0.1, 0.15) is 25.6 Å². The van der Waals surface area contributed by atoms with E-state index >= 15 is 0 Å². The smallest absolute Gasteiger partial charge is 0.146 e. The number of benzene rings is 1. The molecular formula is C22H28N4OS. The zero-order chi connectivity index (χ0) is 19.3. The van der Waals surface area contributed by atoms with E-state index in [1.165, 1.54) is 22.9 Å². The molecule has 0 N–H and O–H groups in total. The lowest BCUT2D eigenvalue weighted by atomic mass is 10.1. The lowest BCUT2D eigenvalue weighted by molar-refractivity contribution is 0.0331. The summed E-state index contributed by atoms with van der Waals surface area (Å²) in [4.78, 5) is 15.7. The molecule has 0 unspecified atom stereocenters. The van der Waals surface area contributed by atoms with Gasteiger partial charge < -0.3 is 9.64 Å². The molecular weight excluding hydrogens is 368 g/mol. The van der Waals surface area contributed by atoms with Crippen molar-refractivity contribution in [1.29, 1.82) is 0 Å². The number of rotatable bonds is 7. The van der Waals surface area contributed by atoms with Crippen LogP contribution in [0.2, 0.25) is 0 Å². The summed E-state index contributed by atoms with van der Waals surface area (Å²) in [5, 5.41) is 3.41. The van der Waals surface area contributed by atoms with Crippen molar-refractivity contribution in [2.24, 2.45) is 0 Å². The molecule has 28 heavy (non-hydrogen) atoms. The maximum atomic E-state index is 5.48. The van der Waals surface area contributed by atoms with E-state index < -0.39 is 0 Å². The molecule has 3 aromatic rings. The fourth-order valence-electron chi connectivity index (χ4n) is 3.60. The first kappa shape index (κ1) is 19.3. The highest BCUT2D eigenvalue weighted by molar-refractivity contribution is 7.17. The quantitative estimate of drug-likeness (QED) is 0.591. The van der Waals surface area contributed by atoms with E-state index in [9.17, 15) is 0 Å². The number of unbranched alkanes of at least 4 members (excludes halogenated alkanes) is 1. The summed E-state index contributed by atoms with van der Waals surface area (Å²) in [6.45, 7) is 7.50. The number of anilines is 1. The van der Waals surface area contributed by atoms with E-state index in [0.717, 1.165) is 62.3 Å². The molecule has 148 valence electrons. The second-order valence-corrected chi connectivity index (χ2v) is 8.18. The van der Waals surface area contributed by atoms with Crippen molar-refractivity contribution in [1.82, 2.24) is 14.9 Å². The van der Waals surface area contributed by atoms with Gasteiger partial charge in [-0.2, -0.15) is 0 Å². The van der Waals surface area contributed by atoms with Crippen molar-refractivity contribution >= 4 is 27.4 Å². The number of ether oxygens (including phenoxy) is 1. The minimum Gasteiger partial charge on any atom is -0.379 e. The van der Waals surface area contributed by atoms with E-state index in [1.807, 2.05) is 0 Å². The molecule has 0 radical (unpaired) electrons. The first-order valence-corrected chi connectivity index (χ1v) is 11.0. The molecule has 6 heteroatoms. The maximum Gasteiger partial charge on any atom is 0.146 e. The number of hydrogen-bond acceptors (Lipinski definition) is 6. The third-order valence-corrected chi connectivity index (χ3v) is 6.10. The molecule has 0 atom stereocenters. The lowest BCUT2D eigenvalue weighted by Gasteiger charge is -2.26. The third-order valence-electron chi connectivity index (χ3n) is 5.22. The number of fused-ring (bicyclic) bond motifs is 1. The van der Waals surface area contributed by atoms with Crippen LogP contribution < -0.4 is 4.90 Å². The van der Waals surface area contributed by atoms with Gasteiger partial charge in [-0.05, 0) is 12.0 Å². The van der Waals surface area contributed by atoms with Crippen LogP contribution in [0.25, 0.3) is 21.3 Å². The second-order valence-electron chi connectivity index (χ2n) is 7.32. The van der Waals surface area contributed by atoms with Crippen LogP contribution in [-0.2, 0) is 11.3 Å². The lowest BCUT2D eigenvalue weighted by Crippen LogP contribution is -2.36. The summed E-state index contributed by atoms with van der Waals surface area (Å²) in [5.41, 5.74) is 2.46. The summed E-state index contributed by atoms with van der Waals surface area (Å²) in [5.74, 6) is 1.97. The summed E-state index contributed by atoms with van der Waals surface area (Å²) in [6.07, 6.45) is 2.33. The Morgan fingerprint density at radius 2 is 1.93 bits per heavy atom. The van der Waals surface area contributed by atoms with Gasteiger partial charge in [-0.15, -0.1) is 11.3 Å². The molecule has 1 fully saturated rings. The van der Waals surface area contributed by atoms with E-state index in [4.69, 9.17) is 14.7 Å². The van der Waals surface area contributed by atoms with Crippen LogP contribution in [0, 0.1) is 0 Å². The highest BCUT2D eigenvalue weighted by atomic mass is 32.1. The Labute approximate surface area is 171 Å². The molecule has 1 saturated heterocycles. The van der Waals surface area contributed by atoms with Gasteiger partial charge in [0, 0.05) is 37.6 Å². The Balaban J connectivity index is 1.75. The van der Waals surface area contributed by atoms with Crippen LogP contribution in [0.4, 0.5) is 5.82 Å². The first-order chi connectivity index (χ1) is 13.8. The monoisotopic (exact) mass is 396 g/mol. The van der Waals surface area contributed by atoms with Crippen molar-refractivity contribution < 1.29 is 4.74 Å².